The molecule has 1 aliphatic rings. The van der Waals surface area contributed by atoms with Crippen molar-refractivity contribution in [2.75, 3.05) is 37.4 Å². The van der Waals surface area contributed by atoms with E-state index in [0.29, 0.717) is 17.1 Å². The van der Waals surface area contributed by atoms with Crippen molar-refractivity contribution in [3.8, 4) is 6.07 Å². The minimum atomic E-state index is -2.70. The van der Waals surface area contributed by atoms with Crippen LogP contribution in [-0.2, 0) is 4.79 Å². The third kappa shape index (κ3) is 5.48. The second-order valence-corrected chi connectivity index (χ2v) is 6.70. The summed E-state index contributed by atoms with van der Waals surface area (Å²) in [5.74, 6) is 0.753. The van der Waals surface area contributed by atoms with Gasteiger partial charge in [-0.15, -0.1) is 0 Å². The Morgan fingerprint density at radius 3 is 2.65 bits per heavy atom. The summed E-state index contributed by atoms with van der Waals surface area (Å²) in [6.07, 6.45) is -0.499. The first-order valence-electron chi connectivity index (χ1n) is 9.23. The van der Waals surface area contributed by atoms with Gasteiger partial charge >= 0.3 is 0 Å². The van der Waals surface area contributed by atoms with Crippen LogP contribution in [0.25, 0.3) is 0 Å². The Hall–Kier alpha value is -3.68. The summed E-state index contributed by atoms with van der Waals surface area (Å²) in [5.41, 5.74) is -0.647. The van der Waals surface area contributed by atoms with Gasteiger partial charge in [-0.25, -0.2) is 23.1 Å². The highest BCUT2D eigenvalue weighted by atomic mass is 19.3. The summed E-state index contributed by atoms with van der Waals surface area (Å²) in [5, 5.41) is 23.3. The Labute approximate surface area is 177 Å². The van der Waals surface area contributed by atoms with Gasteiger partial charge in [-0.3, -0.25) is 5.41 Å². The number of aromatic nitrogens is 2. The van der Waals surface area contributed by atoms with Crippen LogP contribution in [0.4, 0.5) is 30.5 Å². The van der Waals surface area contributed by atoms with Crippen molar-refractivity contribution in [2.24, 2.45) is 5.41 Å². The Kier molecular flexibility index (Phi) is 7.90. The molecule has 0 bridgehead atoms. The third-order valence-corrected chi connectivity index (χ3v) is 4.47. The number of nitrogens with one attached hydrogen (secondary N) is 3. The van der Waals surface area contributed by atoms with Crippen LogP contribution in [0.3, 0.4) is 0 Å². The number of aldehydes is 1. The van der Waals surface area contributed by atoms with Crippen molar-refractivity contribution in [1.82, 2.24) is 14.9 Å². The summed E-state index contributed by atoms with van der Waals surface area (Å²) in [6, 6.07) is 7.79. The van der Waals surface area contributed by atoms with Gasteiger partial charge in [0, 0.05) is 32.4 Å². The van der Waals surface area contributed by atoms with Gasteiger partial charge in [-0.05, 0) is 19.1 Å². The number of likely N-dealkylation sites (tertiary alicyclic amines) is 1. The summed E-state index contributed by atoms with van der Waals surface area (Å²) >= 11 is 0. The molecule has 11 heteroatoms. The van der Waals surface area contributed by atoms with E-state index in [9.17, 15) is 13.2 Å². The monoisotopic (exact) mass is 433 g/mol. The Bertz CT molecular complexity index is 971. The molecule has 0 aliphatic carbocycles. The number of carbonyl (C=O) groups is 1. The maximum absolute atomic E-state index is 13.1. The van der Waals surface area contributed by atoms with E-state index in [4.69, 9.17) is 15.5 Å². The van der Waals surface area contributed by atoms with Gasteiger partial charge in [0.2, 0.25) is 0 Å². The lowest BCUT2D eigenvalue weighted by molar-refractivity contribution is -0.106. The summed E-state index contributed by atoms with van der Waals surface area (Å²) < 4.78 is 38.9. The number of hydrogen-bond donors (Lipinski definition) is 3. The number of halogens is 3. The molecule has 164 valence electrons. The van der Waals surface area contributed by atoms with Gasteiger partial charge in [0.1, 0.15) is 41.5 Å². The molecular formula is C20H22F3N7O. The van der Waals surface area contributed by atoms with Crippen LogP contribution in [0.1, 0.15) is 24.6 Å². The minimum absolute atomic E-state index is 0.0574. The van der Waals surface area contributed by atoms with Gasteiger partial charge in [0.05, 0.1) is 17.3 Å². The standard InChI is InChI=1S/C18H18F3N7.C2H4O/c1-24-15-5-13(27-14-4-2-3-12(26-14)16(20)21)11(6-25-15)17(23)28-9-18(7-19,8-22)10-28;1-2-3/h2-6,16,23H,7,9-10H2,1H3,(H2,24,25,26,27);2H,1H3. The predicted molar refractivity (Wildman–Crippen MR) is 110 cm³/mol. The van der Waals surface area contributed by atoms with Crippen molar-refractivity contribution in [3.05, 3.63) is 41.7 Å². The van der Waals surface area contributed by atoms with Crippen molar-refractivity contribution < 1.29 is 18.0 Å². The molecule has 0 radical (unpaired) electrons. The van der Waals surface area contributed by atoms with E-state index in [0.717, 1.165) is 6.29 Å². The molecular weight excluding hydrogens is 411 g/mol. The molecule has 0 aromatic carbocycles. The van der Waals surface area contributed by atoms with E-state index in [1.54, 1.807) is 18.0 Å². The summed E-state index contributed by atoms with van der Waals surface area (Å²) in [6.45, 7) is 0.871. The Morgan fingerprint density at radius 1 is 1.42 bits per heavy atom. The number of rotatable bonds is 6. The fourth-order valence-electron chi connectivity index (χ4n) is 2.86. The van der Waals surface area contributed by atoms with Crippen LogP contribution in [0.5, 0.6) is 0 Å². The molecule has 0 amide bonds. The van der Waals surface area contributed by atoms with E-state index in [1.807, 2.05) is 6.07 Å². The molecule has 2 aromatic rings. The highest BCUT2D eigenvalue weighted by molar-refractivity contribution is 6.02. The number of amidine groups is 1. The average Bonchev–Trinajstić information content (AvgIpc) is 2.74. The van der Waals surface area contributed by atoms with Crippen LogP contribution in [0.15, 0.2) is 30.5 Å². The number of alkyl halides is 3. The maximum atomic E-state index is 13.1. The minimum Gasteiger partial charge on any atom is -0.373 e. The first-order valence-corrected chi connectivity index (χ1v) is 9.23. The quantitative estimate of drug-likeness (QED) is 0.362. The zero-order valence-electron chi connectivity index (χ0n) is 17.0. The molecule has 3 heterocycles. The number of hydrogen-bond acceptors (Lipinski definition) is 7. The van der Waals surface area contributed by atoms with E-state index in [-0.39, 0.29) is 30.4 Å². The Balaban J connectivity index is 0.00000107. The molecule has 0 unspecified atom stereocenters. The Morgan fingerprint density at radius 2 is 2.10 bits per heavy atom. The topological polar surface area (TPSA) is 118 Å². The number of nitrogens with zero attached hydrogens (tertiary/aromatic N) is 4. The molecule has 2 aromatic heterocycles. The fourth-order valence-corrected chi connectivity index (χ4v) is 2.86. The van der Waals surface area contributed by atoms with Crippen molar-refractivity contribution in [1.29, 1.82) is 10.7 Å². The zero-order valence-corrected chi connectivity index (χ0v) is 17.0. The van der Waals surface area contributed by atoms with Gasteiger partial charge in [0.25, 0.3) is 6.43 Å². The molecule has 8 nitrogen and oxygen atoms in total. The van der Waals surface area contributed by atoms with E-state index in [1.165, 1.54) is 31.3 Å². The first-order chi connectivity index (χ1) is 14.8. The molecule has 3 rings (SSSR count). The molecule has 1 aliphatic heterocycles. The van der Waals surface area contributed by atoms with Crippen molar-refractivity contribution in [3.63, 3.8) is 0 Å². The van der Waals surface area contributed by atoms with Crippen LogP contribution >= 0.6 is 0 Å². The molecule has 1 fully saturated rings. The van der Waals surface area contributed by atoms with E-state index >= 15 is 0 Å². The number of anilines is 3. The molecule has 31 heavy (non-hydrogen) atoms. The second kappa shape index (κ2) is 10.4. The van der Waals surface area contributed by atoms with Crippen LogP contribution in [0, 0.1) is 22.2 Å². The number of nitriles is 1. The maximum Gasteiger partial charge on any atom is 0.280 e. The predicted octanol–water partition coefficient (Wildman–Crippen LogP) is 3.53. The summed E-state index contributed by atoms with van der Waals surface area (Å²) in [4.78, 5) is 18.4. The SMILES string of the molecule is CC=O.CNc1cc(Nc2cccc(C(F)F)n2)c(C(=N)N2CC(C#N)(CF)C2)cn1. The van der Waals surface area contributed by atoms with Crippen molar-refractivity contribution in [2.45, 2.75) is 13.3 Å². The lowest BCUT2D eigenvalue weighted by Crippen LogP contribution is -2.59. The molecule has 1 saturated heterocycles. The molecule has 3 N–H and O–H groups in total. The highest BCUT2D eigenvalue weighted by Gasteiger charge is 2.45. The molecule has 0 spiro atoms. The number of pyridine rings is 2. The van der Waals surface area contributed by atoms with Crippen molar-refractivity contribution >= 4 is 29.4 Å². The summed E-state index contributed by atoms with van der Waals surface area (Å²) in [7, 11) is 1.67. The number of carbonyl (C=O) groups excluding carboxylic acids is 1. The lowest BCUT2D eigenvalue weighted by atomic mass is 9.82. The van der Waals surface area contributed by atoms with Gasteiger partial charge in [-0.2, -0.15) is 5.26 Å². The van der Waals surface area contributed by atoms with Gasteiger partial charge < -0.3 is 20.3 Å². The van der Waals surface area contributed by atoms with Gasteiger partial charge in [0.15, 0.2) is 0 Å². The van der Waals surface area contributed by atoms with Crippen LogP contribution in [-0.4, -0.2) is 53.8 Å². The van der Waals surface area contributed by atoms with Crippen LogP contribution in [0.2, 0.25) is 0 Å². The first kappa shape index (κ1) is 23.6. The third-order valence-electron chi connectivity index (χ3n) is 4.47. The van der Waals surface area contributed by atoms with Crippen LogP contribution < -0.4 is 10.6 Å². The van der Waals surface area contributed by atoms with E-state index in [2.05, 4.69) is 20.6 Å². The lowest BCUT2D eigenvalue weighted by Gasteiger charge is -2.45. The normalized spacial score (nSPS) is 13.9. The van der Waals surface area contributed by atoms with E-state index < -0.39 is 18.5 Å². The fraction of sp³-hybridized carbons (Fsp3) is 0.350. The molecule has 0 saturated carbocycles. The highest BCUT2D eigenvalue weighted by Crippen LogP contribution is 2.33. The zero-order chi connectivity index (χ0) is 23.0. The van der Waals surface area contributed by atoms with Gasteiger partial charge in [-0.1, -0.05) is 6.07 Å². The smallest absolute Gasteiger partial charge is 0.280 e. The second-order valence-electron chi connectivity index (χ2n) is 6.70. The average molecular weight is 433 g/mol. The molecule has 0 atom stereocenters. The largest absolute Gasteiger partial charge is 0.373 e.